The van der Waals surface area contributed by atoms with Gasteiger partial charge in [0, 0.05) is 13.1 Å². The predicted molar refractivity (Wildman–Crippen MR) is 74.4 cm³/mol. The summed E-state index contributed by atoms with van der Waals surface area (Å²) in [6, 6.07) is 7.55. The Morgan fingerprint density at radius 1 is 1.33 bits per heavy atom. The Balaban J connectivity index is 0.00000162. The summed E-state index contributed by atoms with van der Waals surface area (Å²) in [6.07, 6.45) is 1.96. The Bertz CT molecular complexity index is 401. The number of hydrogen-bond acceptors (Lipinski definition) is 3. The number of likely N-dealkylation sites (tertiary alicyclic amines) is 1. The molecule has 0 aliphatic carbocycles. The van der Waals surface area contributed by atoms with Gasteiger partial charge in [0.25, 0.3) is 0 Å². The van der Waals surface area contributed by atoms with E-state index >= 15 is 0 Å². The summed E-state index contributed by atoms with van der Waals surface area (Å²) in [5.41, 5.74) is 1.74. The molecule has 0 saturated carbocycles. The summed E-state index contributed by atoms with van der Waals surface area (Å²) in [4.78, 5) is 14.2. The van der Waals surface area contributed by atoms with Crippen molar-refractivity contribution in [3.63, 3.8) is 0 Å². The zero-order valence-corrected chi connectivity index (χ0v) is 11.7. The van der Waals surface area contributed by atoms with E-state index in [9.17, 15) is 4.79 Å². The van der Waals surface area contributed by atoms with Gasteiger partial charge in [0.1, 0.15) is 6.10 Å². The van der Waals surface area contributed by atoms with Gasteiger partial charge in [-0.1, -0.05) is 17.7 Å². The molecule has 0 amide bonds. The molecule has 0 atom stereocenters. The summed E-state index contributed by atoms with van der Waals surface area (Å²) >= 11 is 0. The van der Waals surface area contributed by atoms with E-state index in [1.165, 1.54) is 0 Å². The minimum Gasteiger partial charge on any atom is -0.459 e. The van der Waals surface area contributed by atoms with Crippen molar-refractivity contribution in [2.75, 3.05) is 20.1 Å². The second kappa shape index (κ2) is 6.76. The number of aryl methyl sites for hydroxylation is 1. The highest BCUT2D eigenvalue weighted by atomic mass is 35.5. The summed E-state index contributed by atoms with van der Waals surface area (Å²) in [7, 11) is 2.10. The van der Waals surface area contributed by atoms with Crippen LogP contribution in [-0.4, -0.2) is 37.1 Å². The van der Waals surface area contributed by atoms with Crippen molar-refractivity contribution in [2.45, 2.75) is 25.9 Å². The highest BCUT2D eigenvalue weighted by Gasteiger charge is 2.20. The summed E-state index contributed by atoms with van der Waals surface area (Å²) in [5.74, 6) is -0.191. The van der Waals surface area contributed by atoms with Gasteiger partial charge in [0.15, 0.2) is 0 Å². The number of carbonyl (C=O) groups excluding carboxylic acids is 1. The number of esters is 1. The maximum absolute atomic E-state index is 11.9. The van der Waals surface area contributed by atoms with Crippen molar-refractivity contribution < 1.29 is 9.53 Å². The Labute approximate surface area is 115 Å². The molecule has 1 aliphatic rings. The number of benzene rings is 1. The lowest BCUT2D eigenvalue weighted by Gasteiger charge is -2.28. The maximum atomic E-state index is 11.9. The van der Waals surface area contributed by atoms with Crippen molar-refractivity contribution in [1.82, 2.24) is 4.90 Å². The number of ether oxygens (including phenoxy) is 1. The molecule has 1 fully saturated rings. The molecule has 3 nitrogen and oxygen atoms in total. The third kappa shape index (κ3) is 4.00. The monoisotopic (exact) mass is 269 g/mol. The average molecular weight is 270 g/mol. The van der Waals surface area contributed by atoms with Gasteiger partial charge in [-0.3, -0.25) is 0 Å². The molecule has 1 aliphatic heterocycles. The summed E-state index contributed by atoms with van der Waals surface area (Å²) in [5, 5.41) is 0. The van der Waals surface area contributed by atoms with Crippen molar-refractivity contribution >= 4 is 18.4 Å². The van der Waals surface area contributed by atoms with E-state index in [0.29, 0.717) is 5.56 Å². The van der Waals surface area contributed by atoms with Gasteiger partial charge >= 0.3 is 5.97 Å². The van der Waals surface area contributed by atoms with Crippen molar-refractivity contribution in [3.8, 4) is 0 Å². The van der Waals surface area contributed by atoms with Crippen LogP contribution in [0.25, 0.3) is 0 Å². The standard InChI is InChI=1S/C14H19NO2.ClH/c1-11-4-3-5-12(10-11)14(16)17-13-6-8-15(2)9-7-13;/h3-5,10,13H,6-9H2,1-2H3;1H. The second-order valence-corrected chi connectivity index (χ2v) is 4.78. The minimum absolute atomic E-state index is 0. The van der Waals surface area contributed by atoms with Crippen LogP contribution < -0.4 is 0 Å². The number of rotatable bonds is 2. The first kappa shape index (κ1) is 15.0. The van der Waals surface area contributed by atoms with Crippen LogP contribution in [0.5, 0.6) is 0 Å². The first-order chi connectivity index (χ1) is 8.15. The lowest BCUT2D eigenvalue weighted by Crippen LogP contribution is -2.35. The molecule has 1 saturated heterocycles. The molecule has 0 aromatic heterocycles. The van der Waals surface area contributed by atoms with E-state index < -0.39 is 0 Å². The maximum Gasteiger partial charge on any atom is 0.338 e. The molecule has 0 N–H and O–H groups in total. The van der Waals surface area contributed by atoms with Gasteiger partial charge in [0.2, 0.25) is 0 Å². The fourth-order valence-corrected chi connectivity index (χ4v) is 2.09. The van der Waals surface area contributed by atoms with Gasteiger partial charge in [0.05, 0.1) is 5.56 Å². The van der Waals surface area contributed by atoms with Crippen LogP contribution in [0.4, 0.5) is 0 Å². The fourth-order valence-electron chi connectivity index (χ4n) is 2.09. The van der Waals surface area contributed by atoms with Gasteiger partial charge < -0.3 is 9.64 Å². The molecule has 0 unspecified atom stereocenters. The number of nitrogens with zero attached hydrogens (tertiary/aromatic N) is 1. The van der Waals surface area contributed by atoms with Crippen molar-refractivity contribution in [1.29, 1.82) is 0 Å². The Kier molecular flexibility index (Phi) is 5.63. The second-order valence-electron chi connectivity index (χ2n) is 4.78. The lowest BCUT2D eigenvalue weighted by atomic mass is 10.1. The van der Waals surface area contributed by atoms with Crippen LogP contribution in [0.1, 0.15) is 28.8 Å². The van der Waals surface area contributed by atoms with Crippen LogP contribution in [0, 0.1) is 6.92 Å². The van der Waals surface area contributed by atoms with E-state index in [0.717, 1.165) is 31.5 Å². The number of halogens is 1. The molecule has 0 radical (unpaired) electrons. The predicted octanol–water partition coefficient (Wildman–Crippen LogP) is 2.67. The first-order valence-electron chi connectivity index (χ1n) is 6.11. The molecule has 18 heavy (non-hydrogen) atoms. The average Bonchev–Trinajstić information content (AvgIpc) is 2.32. The quantitative estimate of drug-likeness (QED) is 0.773. The number of piperidine rings is 1. The van der Waals surface area contributed by atoms with E-state index in [4.69, 9.17) is 4.74 Å². The molecule has 4 heteroatoms. The zero-order valence-electron chi connectivity index (χ0n) is 10.9. The molecular formula is C14H20ClNO2. The molecule has 1 aromatic rings. The number of hydrogen-bond donors (Lipinski definition) is 0. The zero-order chi connectivity index (χ0) is 12.3. The molecule has 100 valence electrons. The third-order valence-corrected chi connectivity index (χ3v) is 3.19. The van der Waals surface area contributed by atoms with E-state index in [1.54, 1.807) is 0 Å². The summed E-state index contributed by atoms with van der Waals surface area (Å²) < 4.78 is 5.52. The smallest absolute Gasteiger partial charge is 0.338 e. The molecule has 0 bridgehead atoms. The normalized spacial score (nSPS) is 17.0. The van der Waals surface area contributed by atoms with Gasteiger partial charge in [-0.2, -0.15) is 0 Å². The topological polar surface area (TPSA) is 29.5 Å². The van der Waals surface area contributed by atoms with Gasteiger partial charge in [-0.25, -0.2) is 4.79 Å². The minimum atomic E-state index is -0.191. The fraction of sp³-hybridized carbons (Fsp3) is 0.500. The van der Waals surface area contributed by atoms with Crippen LogP contribution in [0.2, 0.25) is 0 Å². The van der Waals surface area contributed by atoms with Crippen molar-refractivity contribution in [3.05, 3.63) is 35.4 Å². The van der Waals surface area contributed by atoms with E-state index in [1.807, 2.05) is 31.2 Å². The Morgan fingerprint density at radius 2 is 2.00 bits per heavy atom. The summed E-state index contributed by atoms with van der Waals surface area (Å²) in [6.45, 7) is 3.99. The Hall–Kier alpha value is -1.06. The van der Waals surface area contributed by atoms with E-state index in [-0.39, 0.29) is 24.5 Å². The largest absolute Gasteiger partial charge is 0.459 e. The van der Waals surface area contributed by atoms with E-state index in [2.05, 4.69) is 11.9 Å². The van der Waals surface area contributed by atoms with Crippen LogP contribution >= 0.6 is 12.4 Å². The van der Waals surface area contributed by atoms with Gasteiger partial charge in [-0.15, -0.1) is 12.4 Å². The SMILES string of the molecule is Cc1cccc(C(=O)OC2CCN(C)CC2)c1.Cl. The first-order valence-corrected chi connectivity index (χ1v) is 6.11. The van der Waals surface area contributed by atoms with Crippen molar-refractivity contribution in [2.24, 2.45) is 0 Å². The van der Waals surface area contributed by atoms with Gasteiger partial charge in [-0.05, 0) is 38.9 Å². The molecule has 1 aromatic carbocycles. The molecular weight excluding hydrogens is 250 g/mol. The highest BCUT2D eigenvalue weighted by Crippen LogP contribution is 2.15. The highest BCUT2D eigenvalue weighted by molar-refractivity contribution is 5.89. The van der Waals surface area contributed by atoms with Crippen LogP contribution in [0.3, 0.4) is 0 Å². The van der Waals surface area contributed by atoms with Crippen LogP contribution in [-0.2, 0) is 4.74 Å². The molecule has 1 heterocycles. The number of carbonyl (C=O) groups is 1. The third-order valence-electron chi connectivity index (χ3n) is 3.19. The molecule has 2 rings (SSSR count). The molecule has 0 spiro atoms. The Morgan fingerprint density at radius 3 is 2.61 bits per heavy atom. The van der Waals surface area contributed by atoms with Crippen LogP contribution in [0.15, 0.2) is 24.3 Å². The lowest BCUT2D eigenvalue weighted by molar-refractivity contribution is 0.0139.